The Morgan fingerprint density at radius 1 is 1.21 bits per heavy atom. The molecule has 2 unspecified atom stereocenters. The van der Waals surface area contributed by atoms with Crippen molar-refractivity contribution in [3.63, 3.8) is 0 Å². The Bertz CT molecular complexity index is 367. The highest BCUT2D eigenvalue weighted by Gasteiger charge is 2.25. The Morgan fingerprint density at radius 2 is 2.00 bits per heavy atom. The van der Waals surface area contributed by atoms with E-state index in [4.69, 9.17) is 4.42 Å². The maximum atomic E-state index is 5.52. The molecule has 0 aromatic carbocycles. The van der Waals surface area contributed by atoms with Crippen molar-refractivity contribution in [3.8, 4) is 0 Å². The van der Waals surface area contributed by atoms with Crippen molar-refractivity contribution in [2.45, 2.75) is 75.3 Å². The molecular weight excluding hydrogens is 258 g/mol. The van der Waals surface area contributed by atoms with E-state index in [0.29, 0.717) is 17.2 Å². The van der Waals surface area contributed by atoms with Gasteiger partial charge >= 0.3 is 0 Å². The molecule has 1 N–H and O–H groups in total. The first-order chi connectivity index (χ1) is 9.29. The third-order valence-electron chi connectivity index (χ3n) is 3.62. The van der Waals surface area contributed by atoms with Gasteiger partial charge < -0.3 is 9.73 Å². The number of hydrogen-bond donors (Lipinski definition) is 1. The molecule has 5 heteroatoms. The van der Waals surface area contributed by atoms with Crippen molar-refractivity contribution in [1.82, 2.24) is 15.5 Å². The van der Waals surface area contributed by atoms with E-state index in [1.807, 2.05) is 6.92 Å². The van der Waals surface area contributed by atoms with Gasteiger partial charge in [0.2, 0.25) is 5.89 Å². The summed E-state index contributed by atoms with van der Waals surface area (Å²) in [6.45, 7) is 5.17. The molecule has 19 heavy (non-hydrogen) atoms. The van der Waals surface area contributed by atoms with Crippen LogP contribution in [0.2, 0.25) is 0 Å². The maximum absolute atomic E-state index is 5.52. The van der Waals surface area contributed by atoms with Crippen LogP contribution in [0.5, 0.6) is 0 Å². The van der Waals surface area contributed by atoms with Gasteiger partial charge in [-0.25, -0.2) is 0 Å². The van der Waals surface area contributed by atoms with Crippen LogP contribution >= 0.6 is 11.8 Å². The van der Waals surface area contributed by atoms with Crippen LogP contribution in [0.25, 0.3) is 0 Å². The third kappa shape index (κ3) is 4.80. The van der Waals surface area contributed by atoms with Crippen LogP contribution in [-0.4, -0.2) is 28.0 Å². The van der Waals surface area contributed by atoms with E-state index in [1.54, 1.807) is 11.8 Å². The maximum Gasteiger partial charge on any atom is 0.276 e. The lowest BCUT2D eigenvalue weighted by Gasteiger charge is -2.28. The Morgan fingerprint density at radius 3 is 2.68 bits per heavy atom. The van der Waals surface area contributed by atoms with E-state index in [2.05, 4.69) is 22.4 Å². The number of aromatic nitrogens is 2. The quantitative estimate of drug-likeness (QED) is 0.895. The van der Waals surface area contributed by atoms with Crippen LogP contribution in [0.15, 0.2) is 9.64 Å². The minimum absolute atomic E-state index is 0.562. The summed E-state index contributed by atoms with van der Waals surface area (Å²) < 4.78 is 5.52. The zero-order chi connectivity index (χ0) is 13.5. The van der Waals surface area contributed by atoms with Crippen LogP contribution in [0.3, 0.4) is 0 Å². The summed E-state index contributed by atoms with van der Waals surface area (Å²) in [5, 5.41) is 13.0. The van der Waals surface area contributed by atoms with Crippen molar-refractivity contribution in [1.29, 1.82) is 0 Å². The molecule has 108 valence electrons. The van der Waals surface area contributed by atoms with Crippen molar-refractivity contribution < 1.29 is 4.42 Å². The van der Waals surface area contributed by atoms with Gasteiger partial charge in [0.05, 0.1) is 0 Å². The lowest BCUT2D eigenvalue weighted by atomic mass is 9.96. The lowest BCUT2D eigenvalue weighted by molar-refractivity contribution is 0.392. The standard InChI is InChI=1S/C14H25N3OS/c1-3-10-15-12-8-6-4-5-7-9-13(12)19-14-17-16-11(2)18-14/h12-13,15H,3-10H2,1-2H3. The van der Waals surface area contributed by atoms with Crippen LogP contribution in [0.4, 0.5) is 0 Å². The summed E-state index contributed by atoms with van der Waals surface area (Å²) in [6.07, 6.45) is 9.09. The average Bonchev–Trinajstić information content (AvgIpc) is 2.78. The van der Waals surface area contributed by atoms with Gasteiger partial charge in [-0.3, -0.25) is 0 Å². The zero-order valence-corrected chi connectivity index (χ0v) is 12.8. The molecule has 0 saturated heterocycles. The van der Waals surface area contributed by atoms with E-state index >= 15 is 0 Å². The molecule has 4 nitrogen and oxygen atoms in total. The Kier molecular flexibility index (Phi) is 6.17. The van der Waals surface area contributed by atoms with Crippen molar-refractivity contribution in [3.05, 3.63) is 5.89 Å². The minimum Gasteiger partial charge on any atom is -0.416 e. The molecule has 0 bridgehead atoms. The number of thioether (sulfide) groups is 1. The summed E-state index contributed by atoms with van der Waals surface area (Å²) in [6, 6.07) is 0.581. The summed E-state index contributed by atoms with van der Waals surface area (Å²) >= 11 is 1.76. The zero-order valence-electron chi connectivity index (χ0n) is 12.0. The molecule has 0 spiro atoms. The highest BCUT2D eigenvalue weighted by Crippen LogP contribution is 2.31. The van der Waals surface area contributed by atoms with Crippen molar-refractivity contribution in [2.75, 3.05) is 6.54 Å². The fourth-order valence-electron chi connectivity index (χ4n) is 2.61. The second-order valence-electron chi connectivity index (χ2n) is 5.30. The average molecular weight is 283 g/mol. The Labute approximate surface area is 120 Å². The van der Waals surface area contributed by atoms with Crippen LogP contribution < -0.4 is 5.32 Å². The van der Waals surface area contributed by atoms with Crippen LogP contribution in [-0.2, 0) is 0 Å². The first kappa shape index (κ1) is 14.9. The van der Waals surface area contributed by atoms with Gasteiger partial charge in [0.1, 0.15) is 0 Å². The molecule has 1 aromatic rings. The summed E-state index contributed by atoms with van der Waals surface area (Å²) in [7, 11) is 0. The van der Waals surface area contributed by atoms with Gasteiger partial charge in [0.15, 0.2) is 0 Å². The van der Waals surface area contributed by atoms with E-state index < -0.39 is 0 Å². The fraction of sp³-hybridized carbons (Fsp3) is 0.857. The smallest absolute Gasteiger partial charge is 0.276 e. The molecular formula is C14H25N3OS. The molecule has 0 radical (unpaired) electrons. The van der Waals surface area contributed by atoms with Gasteiger partial charge in [-0.1, -0.05) is 44.4 Å². The topological polar surface area (TPSA) is 51.0 Å². The van der Waals surface area contributed by atoms with Gasteiger partial charge in [0, 0.05) is 18.2 Å². The monoisotopic (exact) mass is 283 g/mol. The second kappa shape index (κ2) is 7.90. The van der Waals surface area contributed by atoms with Crippen LogP contribution in [0.1, 0.15) is 57.8 Å². The highest BCUT2D eigenvalue weighted by molar-refractivity contribution is 7.99. The second-order valence-corrected chi connectivity index (χ2v) is 6.49. The summed E-state index contributed by atoms with van der Waals surface area (Å²) in [5.74, 6) is 0.659. The largest absolute Gasteiger partial charge is 0.416 e. The number of aryl methyl sites for hydroxylation is 1. The van der Waals surface area contributed by atoms with E-state index in [1.165, 1.54) is 44.9 Å². The molecule has 0 aliphatic heterocycles. The SMILES string of the molecule is CCCNC1CCCCCCC1Sc1nnc(C)o1. The van der Waals surface area contributed by atoms with E-state index in [9.17, 15) is 0 Å². The van der Waals surface area contributed by atoms with Gasteiger partial charge in [-0.05, 0) is 25.8 Å². The molecule has 1 aromatic heterocycles. The third-order valence-corrected chi connectivity index (χ3v) is 4.85. The predicted molar refractivity (Wildman–Crippen MR) is 78.5 cm³/mol. The van der Waals surface area contributed by atoms with Crippen molar-refractivity contribution in [2.24, 2.45) is 0 Å². The first-order valence-corrected chi connectivity index (χ1v) is 8.37. The number of nitrogens with one attached hydrogen (secondary N) is 1. The predicted octanol–water partition coefficient (Wildman–Crippen LogP) is 3.56. The van der Waals surface area contributed by atoms with Gasteiger partial charge in [-0.15, -0.1) is 10.2 Å². The minimum atomic E-state index is 0.562. The fourth-order valence-corrected chi connectivity index (χ4v) is 3.81. The number of nitrogens with zero attached hydrogens (tertiary/aromatic N) is 2. The van der Waals surface area contributed by atoms with E-state index in [0.717, 1.165) is 11.8 Å². The van der Waals surface area contributed by atoms with E-state index in [-0.39, 0.29) is 0 Å². The highest BCUT2D eigenvalue weighted by atomic mass is 32.2. The molecule has 1 fully saturated rings. The summed E-state index contributed by atoms with van der Waals surface area (Å²) in [4.78, 5) is 0. The van der Waals surface area contributed by atoms with Crippen LogP contribution in [0, 0.1) is 6.92 Å². The van der Waals surface area contributed by atoms with Gasteiger partial charge in [-0.2, -0.15) is 0 Å². The Hall–Kier alpha value is -0.550. The van der Waals surface area contributed by atoms with Gasteiger partial charge in [0.25, 0.3) is 5.22 Å². The molecule has 2 rings (SSSR count). The number of rotatable bonds is 5. The normalized spacial score (nSPS) is 24.9. The molecule has 1 saturated carbocycles. The number of hydrogen-bond acceptors (Lipinski definition) is 5. The van der Waals surface area contributed by atoms with Crippen molar-refractivity contribution >= 4 is 11.8 Å². The summed E-state index contributed by atoms with van der Waals surface area (Å²) in [5.41, 5.74) is 0. The molecule has 0 amide bonds. The lowest BCUT2D eigenvalue weighted by Crippen LogP contribution is -2.39. The molecule has 1 aliphatic rings. The molecule has 1 heterocycles. The Balaban J connectivity index is 1.97. The molecule has 1 aliphatic carbocycles. The first-order valence-electron chi connectivity index (χ1n) is 7.49. The molecule has 2 atom stereocenters.